The van der Waals surface area contributed by atoms with Gasteiger partial charge in [0.05, 0.1) is 6.54 Å². The van der Waals surface area contributed by atoms with Crippen molar-refractivity contribution in [1.82, 2.24) is 9.88 Å². The first-order valence-electron chi connectivity index (χ1n) is 9.00. The van der Waals surface area contributed by atoms with E-state index in [1.54, 1.807) is 0 Å². The standard InChI is InChI=1S/C20H24N4O/c1-16-14-17-6-2-3-7-18(17)24(16)15-20(25)23-12-10-22(11-13-23)19-8-4-5-9-21-19/h2-9,16H,10-15H2,1H3/t16-/m1/s1. The first kappa shape index (κ1) is 15.9. The van der Waals surface area contributed by atoms with Gasteiger partial charge >= 0.3 is 0 Å². The fraction of sp³-hybridized carbons (Fsp3) is 0.400. The lowest BCUT2D eigenvalue weighted by Gasteiger charge is -2.36. The molecule has 0 aliphatic carbocycles. The topological polar surface area (TPSA) is 39.7 Å². The van der Waals surface area contributed by atoms with Crippen molar-refractivity contribution in [3.8, 4) is 0 Å². The summed E-state index contributed by atoms with van der Waals surface area (Å²) in [6, 6.07) is 14.8. The summed E-state index contributed by atoms with van der Waals surface area (Å²) >= 11 is 0. The van der Waals surface area contributed by atoms with Crippen LogP contribution >= 0.6 is 0 Å². The molecule has 2 aliphatic heterocycles. The summed E-state index contributed by atoms with van der Waals surface area (Å²) in [7, 11) is 0. The summed E-state index contributed by atoms with van der Waals surface area (Å²) < 4.78 is 0. The van der Waals surface area contributed by atoms with E-state index in [0.717, 1.165) is 38.4 Å². The monoisotopic (exact) mass is 336 g/mol. The third-order valence-electron chi connectivity index (χ3n) is 5.26. The van der Waals surface area contributed by atoms with Crippen molar-refractivity contribution >= 4 is 17.4 Å². The van der Waals surface area contributed by atoms with Crippen LogP contribution in [0.25, 0.3) is 0 Å². The van der Waals surface area contributed by atoms with Crippen LogP contribution in [-0.2, 0) is 11.2 Å². The van der Waals surface area contributed by atoms with Gasteiger partial charge in [-0.2, -0.15) is 0 Å². The molecule has 1 aromatic carbocycles. The van der Waals surface area contributed by atoms with Crippen LogP contribution in [0.4, 0.5) is 11.5 Å². The Hall–Kier alpha value is -2.56. The number of nitrogens with zero attached hydrogens (tertiary/aromatic N) is 4. The Morgan fingerprint density at radius 2 is 1.84 bits per heavy atom. The van der Waals surface area contributed by atoms with Crippen LogP contribution in [0.3, 0.4) is 0 Å². The molecule has 2 aromatic rings. The molecule has 0 saturated carbocycles. The number of anilines is 2. The first-order chi connectivity index (χ1) is 12.2. The number of carbonyl (C=O) groups is 1. The molecule has 1 atom stereocenters. The van der Waals surface area contributed by atoms with Gasteiger partial charge in [-0.3, -0.25) is 4.79 Å². The highest BCUT2D eigenvalue weighted by Gasteiger charge is 2.29. The maximum atomic E-state index is 12.8. The lowest BCUT2D eigenvalue weighted by molar-refractivity contribution is -0.130. The second-order valence-corrected chi connectivity index (χ2v) is 6.87. The highest BCUT2D eigenvalue weighted by atomic mass is 16.2. The van der Waals surface area contributed by atoms with Gasteiger partial charge in [-0.05, 0) is 37.1 Å². The van der Waals surface area contributed by atoms with Gasteiger partial charge in [-0.15, -0.1) is 0 Å². The minimum Gasteiger partial charge on any atom is -0.359 e. The number of para-hydroxylation sites is 1. The molecule has 1 amide bonds. The Balaban J connectivity index is 1.37. The number of amides is 1. The molecule has 4 rings (SSSR count). The summed E-state index contributed by atoms with van der Waals surface area (Å²) in [6.45, 7) is 5.89. The van der Waals surface area contributed by atoms with E-state index < -0.39 is 0 Å². The number of piperazine rings is 1. The number of rotatable bonds is 3. The molecule has 130 valence electrons. The fourth-order valence-corrected chi connectivity index (χ4v) is 3.84. The van der Waals surface area contributed by atoms with Crippen molar-refractivity contribution in [2.75, 3.05) is 42.5 Å². The van der Waals surface area contributed by atoms with Crippen molar-refractivity contribution in [3.05, 3.63) is 54.2 Å². The maximum absolute atomic E-state index is 12.8. The largest absolute Gasteiger partial charge is 0.359 e. The average Bonchev–Trinajstić information content (AvgIpc) is 2.98. The van der Waals surface area contributed by atoms with Gasteiger partial charge in [-0.1, -0.05) is 24.3 Å². The summed E-state index contributed by atoms with van der Waals surface area (Å²) in [6.07, 6.45) is 2.84. The molecule has 2 aliphatic rings. The van der Waals surface area contributed by atoms with E-state index in [2.05, 4.69) is 46.0 Å². The van der Waals surface area contributed by atoms with Crippen LogP contribution in [0.2, 0.25) is 0 Å². The number of benzene rings is 1. The molecule has 0 unspecified atom stereocenters. The van der Waals surface area contributed by atoms with Gasteiger partial charge in [-0.25, -0.2) is 4.98 Å². The maximum Gasteiger partial charge on any atom is 0.242 e. The van der Waals surface area contributed by atoms with E-state index in [1.165, 1.54) is 11.3 Å². The number of fused-ring (bicyclic) bond motifs is 1. The van der Waals surface area contributed by atoms with Crippen molar-refractivity contribution < 1.29 is 4.79 Å². The minimum absolute atomic E-state index is 0.226. The van der Waals surface area contributed by atoms with E-state index >= 15 is 0 Å². The third-order valence-corrected chi connectivity index (χ3v) is 5.26. The van der Waals surface area contributed by atoms with Crippen LogP contribution in [0, 0.1) is 0 Å². The van der Waals surface area contributed by atoms with Crippen LogP contribution < -0.4 is 9.80 Å². The zero-order valence-electron chi connectivity index (χ0n) is 14.6. The lowest BCUT2D eigenvalue weighted by atomic mass is 10.1. The second-order valence-electron chi connectivity index (χ2n) is 6.87. The number of carbonyl (C=O) groups excluding carboxylic acids is 1. The number of hydrogen-bond donors (Lipinski definition) is 0. The molecule has 3 heterocycles. The van der Waals surface area contributed by atoms with Crippen molar-refractivity contribution in [2.45, 2.75) is 19.4 Å². The van der Waals surface area contributed by atoms with Gasteiger partial charge in [0, 0.05) is 44.1 Å². The quantitative estimate of drug-likeness (QED) is 0.861. The van der Waals surface area contributed by atoms with Crippen LogP contribution in [0.1, 0.15) is 12.5 Å². The Morgan fingerprint density at radius 1 is 1.08 bits per heavy atom. The smallest absolute Gasteiger partial charge is 0.242 e. The fourth-order valence-electron chi connectivity index (χ4n) is 3.84. The van der Waals surface area contributed by atoms with Gasteiger partial charge in [0.25, 0.3) is 0 Å². The summed E-state index contributed by atoms with van der Waals surface area (Å²) in [5, 5.41) is 0. The van der Waals surface area contributed by atoms with E-state index in [1.807, 2.05) is 29.3 Å². The molecule has 0 N–H and O–H groups in total. The van der Waals surface area contributed by atoms with Crippen LogP contribution in [0.5, 0.6) is 0 Å². The van der Waals surface area contributed by atoms with E-state index in [4.69, 9.17) is 0 Å². The van der Waals surface area contributed by atoms with Crippen molar-refractivity contribution in [3.63, 3.8) is 0 Å². The molecule has 0 spiro atoms. The predicted molar refractivity (Wildman–Crippen MR) is 100.0 cm³/mol. The Morgan fingerprint density at radius 3 is 2.60 bits per heavy atom. The molecule has 5 heteroatoms. The molecule has 1 fully saturated rings. The van der Waals surface area contributed by atoms with E-state index in [0.29, 0.717) is 12.6 Å². The molecular weight excluding hydrogens is 312 g/mol. The first-order valence-corrected chi connectivity index (χ1v) is 9.00. The zero-order chi connectivity index (χ0) is 17.2. The SMILES string of the molecule is C[C@@H]1Cc2ccccc2N1CC(=O)N1CCN(c2ccccn2)CC1. The Bertz CT molecular complexity index is 740. The number of aromatic nitrogens is 1. The molecule has 5 nitrogen and oxygen atoms in total. The van der Waals surface area contributed by atoms with Crippen LogP contribution in [0.15, 0.2) is 48.7 Å². The normalized spacial score (nSPS) is 19.9. The number of hydrogen-bond acceptors (Lipinski definition) is 4. The predicted octanol–water partition coefficient (Wildman–Crippen LogP) is 2.18. The van der Waals surface area contributed by atoms with E-state index in [9.17, 15) is 4.79 Å². The summed E-state index contributed by atoms with van der Waals surface area (Å²) in [4.78, 5) is 23.7. The Kier molecular flexibility index (Phi) is 4.30. The summed E-state index contributed by atoms with van der Waals surface area (Å²) in [5.74, 6) is 1.22. The number of pyridine rings is 1. The van der Waals surface area contributed by atoms with Gasteiger partial charge < -0.3 is 14.7 Å². The van der Waals surface area contributed by atoms with E-state index in [-0.39, 0.29) is 5.91 Å². The molecule has 1 saturated heterocycles. The van der Waals surface area contributed by atoms with Gasteiger partial charge in [0.2, 0.25) is 5.91 Å². The highest BCUT2D eigenvalue weighted by Crippen LogP contribution is 2.31. The molecule has 1 aromatic heterocycles. The van der Waals surface area contributed by atoms with Crippen molar-refractivity contribution in [2.24, 2.45) is 0 Å². The molecular formula is C20H24N4O. The third kappa shape index (κ3) is 3.18. The van der Waals surface area contributed by atoms with Gasteiger partial charge in [0.15, 0.2) is 0 Å². The van der Waals surface area contributed by atoms with Gasteiger partial charge in [0.1, 0.15) is 5.82 Å². The minimum atomic E-state index is 0.226. The average molecular weight is 336 g/mol. The zero-order valence-corrected chi connectivity index (χ0v) is 14.6. The lowest BCUT2D eigenvalue weighted by Crippen LogP contribution is -2.52. The second kappa shape index (κ2) is 6.75. The highest BCUT2D eigenvalue weighted by molar-refractivity contribution is 5.83. The summed E-state index contributed by atoms with van der Waals surface area (Å²) in [5.41, 5.74) is 2.57. The van der Waals surface area contributed by atoms with Crippen LogP contribution in [-0.4, -0.2) is 54.6 Å². The Labute approximate surface area is 148 Å². The molecule has 0 radical (unpaired) electrons. The molecule has 0 bridgehead atoms. The van der Waals surface area contributed by atoms with Crippen molar-refractivity contribution in [1.29, 1.82) is 0 Å². The molecule has 25 heavy (non-hydrogen) atoms.